The number of halogens is 1. The average Bonchev–Trinajstić information content (AvgIpc) is 2.67. The number of anilines is 1. The lowest BCUT2D eigenvalue weighted by molar-refractivity contribution is 0.0914. The zero-order chi connectivity index (χ0) is 21.9. The minimum atomic E-state index is -0.561. The molecule has 1 amide bonds. The van der Waals surface area contributed by atoms with Gasteiger partial charge < -0.3 is 10.6 Å². The minimum Gasteiger partial charge on any atom is -0.346 e. The number of pyridine rings is 2. The van der Waals surface area contributed by atoms with Crippen LogP contribution >= 0.6 is 11.6 Å². The fourth-order valence-electron chi connectivity index (χ4n) is 2.86. The van der Waals surface area contributed by atoms with Crippen LogP contribution in [0.5, 0.6) is 0 Å². The highest BCUT2D eigenvalue weighted by molar-refractivity contribution is 6.31. The van der Waals surface area contributed by atoms with Gasteiger partial charge in [0.1, 0.15) is 5.69 Å². The van der Waals surface area contributed by atoms with Crippen molar-refractivity contribution in [2.24, 2.45) is 0 Å². The van der Waals surface area contributed by atoms with Crippen LogP contribution in [0.25, 0.3) is 11.1 Å². The standard InChI is InChI=1S/C22H25ClN6O/c1-21(2,3)28-19(30)17-11-14(8-10-24-17)15-12-26-20(27-13-15)29-22(4,5)18-16(23)7-6-9-25-18/h6-13H,1-5H3,(H,28,30)(H,26,27,29). The summed E-state index contributed by atoms with van der Waals surface area (Å²) in [7, 11) is 0. The molecule has 3 rings (SSSR count). The van der Waals surface area contributed by atoms with Gasteiger partial charge in [-0.15, -0.1) is 0 Å². The van der Waals surface area contributed by atoms with E-state index in [1.807, 2.05) is 40.7 Å². The molecule has 8 heteroatoms. The molecule has 30 heavy (non-hydrogen) atoms. The lowest BCUT2D eigenvalue weighted by Gasteiger charge is -2.26. The monoisotopic (exact) mass is 424 g/mol. The highest BCUT2D eigenvalue weighted by Crippen LogP contribution is 2.28. The van der Waals surface area contributed by atoms with Crippen molar-refractivity contribution in [3.63, 3.8) is 0 Å². The third-order valence-corrected chi connectivity index (χ3v) is 4.55. The van der Waals surface area contributed by atoms with Gasteiger partial charge in [0.15, 0.2) is 0 Å². The third kappa shape index (κ3) is 5.30. The summed E-state index contributed by atoms with van der Waals surface area (Å²) in [6.07, 6.45) is 6.70. The molecule has 7 nitrogen and oxygen atoms in total. The Morgan fingerprint density at radius 3 is 2.27 bits per heavy atom. The van der Waals surface area contributed by atoms with Crippen LogP contribution in [0.1, 0.15) is 50.8 Å². The predicted molar refractivity (Wildman–Crippen MR) is 118 cm³/mol. The Labute approximate surface area is 181 Å². The van der Waals surface area contributed by atoms with E-state index in [9.17, 15) is 4.79 Å². The summed E-state index contributed by atoms with van der Waals surface area (Å²) < 4.78 is 0. The molecule has 3 aromatic heterocycles. The summed E-state index contributed by atoms with van der Waals surface area (Å²) in [6.45, 7) is 9.69. The van der Waals surface area contributed by atoms with E-state index in [0.29, 0.717) is 22.4 Å². The first kappa shape index (κ1) is 21.6. The molecule has 3 heterocycles. The van der Waals surface area contributed by atoms with Crippen LogP contribution in [0, 0.1) is 0 Å². The lowest BCUT2D eigenvalue weighted by Crippen LogP contribution is -2.40. The molecule has 0 aromatic carbocycles. The van der Waals surface area contributed by atoms with Crippen LogP contribution < -0.4 is 10.6 Å². The fourth-order valence-corrected chi connectivity index (χ4v) is 3.22. The molecule has 0 unspecified atom stereocenters. The third-order valence-electron chi connectivity index (χ3n) is 4.24. The molecule has 156 valence electrons. The predicted octanol–water partition coefficient (Wildman–Crippen LogP) is 4.46. The Balaban J connectivity index is 1.79. The number of nitrogens with zero attached hydrogens (tertiary/aromatic N) is 4. The van der Waals surface area contributed by atoms with Gasteiger partial charge in [-0.25, -0.2) is 9.97 Å². The van der Waals surface area contributed by atoms with E-state index in [1.165, 1.54) is 0 Å². The summed E-state index contributed by atoms with van der Waals surface area (Å²) in [5.74, 6) is 0.225. The smallest absolute Gasteiger partial charge is 0.270 e. The van der Waals surface area contributed by atoms with Gasteiger partial charge in [-0.3, -0.25) is 14.8 Å². The normalized spacial score (nSPS) is 11.8. The van der Waals surface area contributed by atoms with Crippen molar-refractivity contribution in [1.29, 1.82) is 0 Å². The van der Waals surface area contributed by atoms with Gasteiger partial charge >= 0.3 is 0 Å². The van der Waals surface area contributed by atoms with Gasteiger partial charge in [-0.05, 0) is 64.4 Å². The van der Waals surface area contributed by atoms with Gasteiger partial charge in [-0.2, -0.15) is 0 Å². The van der Waals surface area contributed by atoms with Crippen LogP contribution in [0.2, 0.25) is 5.02 Å². The Morgan fingerprint density at radius 1 is 0.933 bits per heavy atom. The molecule has 0 saturated carbocycles. The zero-order valence-corrected chi connectivity index (χ0v) is 18.4. The molecule has 0 radical (unpaired) electrons. The lowest BCUT2D eigenvalue weighted by atomic mass is 10.00. The fraction of sp³-hybridized carbons (Fsp3) is 0.318. The summed E-state index contributed by atoms with van der Waals surface area (Å²) in [5.41, 5.74) is 1.74. The van der Waals surface area contributed by atoms with E-state index in [-0.39, 0.29) is 11.4 Å². The maximum absolute atomic E-state index is 12.4. The Bertz CT molecular complexity index is 1040. The van der Waals surface area contributed by atoms with E-state index in [0.717, 1.165) is 11.1 Å². The van der Waals surface area contributed by atoms with Crippen molar-refractivity contribution in [2.75, 3.05) is 5.32 Å². The van der Waals surface area contributed by atoms with E-state index in [2.05, 4.69) is 30.6 Å². The van der Waals surface area contributed by atoms with Crippen LogP contribution in [-0.4, -0.2) is 31.4 Å². The summed E-state index contributed by atoms with van der Waals surface area (Å²) in [5, 5.41) is 6.75. The number of hydrogen-bond donors (Lipinski definition) is 2. The van der Waals surface area contributed by atoms with Gasteiger partial charge in [-0.1, -0.05) is 11.6 Å². The second-order valence-corrected chi connectivity index (χ2v) is 8.92. The van der Waals surface area contributed by atoms with Gasteiger partial charge in [0.2, 0.25) is 5.95 Å². The molecule has 0 atom stereocenters. The quantitative estimate of drug-likeness (QED) is 0.628. The summed E-state index contributed by atoms with van der Waals surface area (Å²) in [4.78, 5) is 29.8. The first-order valence-corrected chi connectivity index (χ1v) is 9.93. The van der Waals surface area contributed by atoms with Crippen molar-refractivity contribution in [3.05, 3.63) is 65.5 Å². The second kappa shape index (κ2) is 8.36. The Morgan fingerprint density at radius 2 is 1.63 bits per heavy atom. The van der Waals surface area contributed by atoms with Crippen LogP contribution in [0.4, 0.5) is 5.95 Å². The molecule has 0 saturated heterocycles. The molecule has 0 aliphatic heterocycles. The van der Waals surface area contributed by atoms with Crippen LogP contribution in [-0.2, 0) is 5.54 Å². The topological polar surface area (TPSA) is 92.7 Å². The number of nitrogens with one attached hydrogen (secondary N) is 2. The number of rotatable bonds is 5. The Hall–Kier alpha value is -3.06. The van der Waals surface area contributed by atoms with E-state index in [4.69, 9.17) is 11.6 Å². The highest BCUT2D eigenvalue weighted by atomic mass is 35.5. The first-order chi connectivity index (χ1) is 14.0. The second-order valence-electron chi connectivity index (χ2n) is 8.51. The SMILES string of the molecule is CC(C)(C)NC(=O)c1cc(-c2cnc(NC(C)(C)c3ncccc3Cl)nc2)ccn1. The van der Waals surface area contributed by atoms with E-state index in [1.54, 1.807) is 43.0 Å². The number of carbonyl (C=O) groups is 1. The highest BCUT2D eigenvalue weighted by Gasteiger charge is 2.25. The molecule has 0 bridgehead atoms. The van der Waals surface area contributed by atoms with Crippen molar-refractivity contribution < 1.29 is 4.79 Å². The minimum absolute atomic E-state index is 0.224. The van der Waals surface area contributed by atoms with E-state index >= 15 is 0 Å². The summed E-state index contributed by atoms with van der Waals surface area (Å²) >= 11 is 6.28. The Kier molecular flexibility index (Phi) is 6.03. The molecule has 2 N–H and O–H groups in total. The van der Waals surface area contributed by atoms with Gasteiger partial charge in [0, 0.05) is 35.9 Å². The van der Waals surface area contributed by atoms with Crippen molar-refractivity contribution >= 4 is 23.5 Å². The average molecular weight is 425 g/mol. The summed E-state index contributed by atoms with van der Waals surface area (Å²) in [6, 6.07) is 7.13. The number of hydrogen-bond acceptors (Lipinski definition) is 6. The molecular formula is C22H25ClN6O. The van der Waals surface area contributed by atoms with Gasteiger partial charge in [0.05, 0.1) is 16.3 Å². The number of carbonyl (C=O) groups excluding carboxylic acids is 1. The largest absolute Gasteiger partial charge is 0.346 e. The molecular weight excluding hydrogens is 400 g/mol. The number of amides is 1. The molecule has 0 aliphatic carbocycles. The zero-order valence-electron chi connectivity index (χ0n) is 17.7. The van der Waals surface area contributed by atoms with Crippen molar-refractivity contribution in [1.82, 2.24) is 25.3 Å². The van der Waals surface area contributed by atoms with Gasteiger partial charge in [0.25, 0.3) is 5.91 Å². The maximum Gasteiger partial charge on any atom is 0.270 e. The van der Waals surface area contributed by atoms with Crippen LogP contribution in [0.3, 0.4) is 0 Å². The van der Waals surface area contributed by atoms with Crippen molar-refractivity contribution in [3.8, 4) is 11.1 Å². The van der Waals surface area contributed by atoms with Crippen LogP contribution in [0.15, 0.2) is 49.1 Å². The number of aromatic nitrogens is 4. The van der Waals surface area contributed by atoms with E-state index < -0.39 is 5.54 Å². The molecule has 0 aliphatic rings. The molecule has 3 aromatic rings. The molecule has 0 spiro atoms. The van der Waals surface area contributed by atoms with Crippen molar-refractivity contribution in [2.45, 2.75) is 45.7 Å². The maximum atomic E-state index is 12.4. The molecule has 0 fully saturated rings. The first-order valence-electron chi connectivity index (χ1n) is 9.55.